The maximum absolute atomic E-state index is 9.62. The van der Waals surface area contributed by atoms with Crippen molar-refractivity contribution in [2.75, 3.05) is 19.7 Å². The quantitative estimate of drug-likeness (QED) is 0.646. The molecule has 0 aromatic carbocycles. The number of aliphatic hydroxyl groups is 2. The van der Waals surface area contributed by atoms with Crippen LogP contribution < -0.4 is 0 Å². The number of hydrogen-bond acceptors (Lipinski definition) is 3. The summed E-state index contributed by atoms with van der Waals surface area (Å²) in [6.45, 7) is 1.79. The van der Waals surface area contributed by atoms with E-state index in [-0.39, 0.29) is 18.6 Å². The number of likely N-dealkylation sites (tertiary alicyclic amines) is 1. The Morgan fingerprint density at radius 3 is 2.38 bits per heavy atom. The van der Waals surface area contributed by atoms with Gasteiger partial charge in [-0.05, 0) is 12.8 Å². The molecule has 3 heteroatoms. The standard InChI is InChI=1S/C10H19NO2/c12-7-8-5-11(6-10(8)13)9-3-1-2-4-9/h8-10,12-13H,1-7H2. The van der Waals surface area contributed by atoms with E-state index in [1.54, 1.807) is 0 Å². The number of rotatable bonds is 2. The van der Waals surface area contributed by atoms with E-state index in [1.165, 1.54) is 25.7 Å². The molecule has 2 aliphatic rings. The zero-order valence-corrected chi connectivity index (χ0v) is 8.02. The zero-order chi connectivity index (χ0) is 9.26. The highest BCUT2D eigenvalue weighted by Gasteiger charge is 2.35. The first kappa shape index (κ1) is 9.44. The molecule has 0 radical (unpaired) electrons. The molecule has 76 valence electrons. The average Bonchev–Trinajstić information content (AvgIpc) is 2.71. The highest BCUT2D eigenvalue weighted by molar-refractivity contribution is 4.88. The van der Waals surface area contributed by atoms with Crippen molar-refractivity contribution < 1.29 is 10.2 Å². The maximum atomic E-state index is 9.62. The van der Waals surface area contributed by atoms with E-state index in [2.05, 4.69) is 4.90 Å². The third-order valence-electron chi connectivity index (χ3n) is 3.51. The van der Waals surface area contributed by atoms with E-state index in [0.29, 0.717) is 6.04 Å². The van der Waals surface area contributed by atoms with Gasteiger partial charge in [-0.25, -0.2) is 0 Å². The Kier molecular flexibility index (Phi) is 2.86. The molecule has 1 heterocycles. The Hall–Kier alpha value is -0.120. The van der Waals surface area contributed by atoms with Crippen LogP contribution >= 0.6 is 0 Å². The monoisotopic (exact) mass is 185 g/mol. The lowest BCUT2D eigenvalue weighted by Gasteiger charge is -2.22. The minimum atomic E-state index is -0.300. The zero-order valence-electron chi connectivity index (χ0n) is 8.02. The van der Waals surface area contributed by atoms with Gasteiger partial charge < -0.3 is 10.2 Å². The summed E-state index contributed by atoms with van der Waals surface area (Å²) in [4.78, 5) is 2.36. The van der Waals surface area contributed by atoms with Gasteiger partial charge in [-0.1, -0.05) is 12.8 Å². The number of β-amino-alcohol motifs (C(OH)–C–C–N with tert-alkyl or cyclic N) is 1. The van der Waals surface area contributed by atoms with E-state index >= 15 is 0 Å². The molecule has 1 saturated heterocycles. The van der Waals surface area contributed by atoms with E-state index in [4.69, 9.17) is 5.11 Å². The van der Waals surface area contributed by atoms with Gasteiger partial charge in [0.15, 0.2) is 0 Å². The highest BCUT2D eigenvalue weighted by atomic mass is 16.3. The molecule has 1 saturated carbocycles. The molecule has 2 atom stereocenters. The minimum absolute atomic E-state index is 0.0978. The van der Waals surface area contributed by atoms with Crippen LogP contribution in [0.15, 0.2) is 0 Å². The summed E-state index contributed by atoms with van der Waals surface area (Å²) < 4.78 is 0. The van der Waals surface area contributed by atoms with Crippen LogP contribution in [-0.4, -0.2) is 47.0 Å². The van der Waals surface area contributed by atoms with E-state index in [9.17, 15) is 5.11 Å². The van der Waals surface area contributed by atoms with Crippen molar-refractivity contribution in [3.63, 3.8) is 0 Å². The van der Waals surface area contributed by atoms with Crippen molar-refractivity contribution in [1.82, 2.24) is 4.90 Å². The predicted molar refractivity (Wildman–Crippen MR) is 50.4 cm³/mol. The SMILES string of the molecule is OCC1CN(C2CCCC2)CC1O. The lowest BCUT2D eigenvalue weighted by Crippen LogP contribution is -2.31. The number of aliphatic hydroxyl groups excluding tert-OH is 2. The minimum Gasteiger partial charge on any atom is -0.396 e. The fraction of sp³-hybridized carbons (Fsp3) is 1.00. The van der Waals surface area contributed by atoms with Crippen molar-refractivity contribution in [3.05, 3.63) is 0 Å². The van der Waals surface area contributed by atoms with Crippen molar-refractivity contribution >= 4 is 0 Å². The normalized spacial score (nSPS) is 37.4. The second-order valence-electron chi connectivity index (χ2n) is 4.40. The molecule has 2 N–H and O–H groups in total. The van der Waals surface area contributed by atoms with Crippen LogP contribution in [0.5, 0.6) is 0 Å². The second kappa shape index (κ2) is 3.95. The first-order chi connectivity index (χ1) is 6.31. The van der Waals surface area contributed by atoms with Crippen LogP contribution in [0.2, 0.25) is 0 Å². The Bertz CT molecular complexity index is 168. The smallest absolute Gasteiger partial charge is 0.0729 e. The van der Waals surface area contributed by atoms with Crippen LogP contribution in [0, 0.1) is 5.92 Å². The number of hydrogen-bond donors (Lipinski definition) is 2. The van der Waals surface area contributed by atoms with Gasteiger partial charge in [-0.3, -0.25) is 4.90 Å². The summed E-state index contributed by atoms with van der Waals surface area (Å²) in [5.74, 6) is 0.0978. The molecular formula is C10H19NO2. The maximum Gasteiger partial charge on any atom is 0.0729 e. The van der Waals surface area contributed by atoms with Crippen LogP contribution in [0.4, 0.5) is 0 Å². The molecule has 0 aromatic heterocycles. The van der Waals surface area contributed by atoms with Gasteiger partial charge in [0.05, 0.1) is 6.10 Å². The fourth-order valence-electron chi connectivity index (χ4n) is 2.63. The lowest BCUT2D eigenvalue weighted by molar-refractivity contribution is 0.102. The van der Waals surface area contributed by atoms with Crippen molar-refractivity contribution in [2.24, 2.45) is 5.92 Å². The van der Waals surface area contributed by atoms with Gasteiger partial charge >= 0.3 is 0 Å². The Morgan fingerprint density at radius 1 is 1.15 bits per heavy atom. The van der Waals surface area contributed by atoms with E-state index < -0.39 is 0 Å². The molecule has 0 aromatic rings. The average molecular weight is 185 g/mol. The van der Waals surface area contributed by atoms with Crippen LogP contribution in [0.25, 0.3) is 0 Å². The van der Waals surface area contributed by atoms with Crippen molar-refractivity contribution in [2.45, 2.75) is 37.8 Å². The molecule has 1 aliphatic heterocycles. The number of nitrogens with zero attached hydrogens (tertiary/aromatic N) is 1. The summed E-state index contributed by atoms with van der Waals surface area (Å²) in [6.07, 6.45) is 4.93. The second-order valence-corrected chi connectivity index (χ2v) is 4.40. The molecule has 0 spiro atoms. The molecule has 2 fully saturated rings. The Labute approximate surface area is 79.4 Å². The summed E-state index contributed by atoms with van der Waals surface area (Å²) in [5.41, 5.74) is 0. The molecular weight excluding hydrogens is 166 g/mol. The fourth-order valence-corrected chi connectivity index (χ4v) is 2.63. The molecule has 13 heavy (non-hydrogen) atoms. The summed E-state index contributed by atoms with van der Waals surface area (Å²) in [5, 5.41) is 18.6. The lowest BCUT2D eigenvalue weighted by atomic mass is 10.1. The van der Waals surface area contributed by atoms with Crippen molar-refractivity contribution in [1.29, 1.82) is 0 Å². The van der Waals surface area contributed by atoms with E-state index in [0.717, 1.165) is 13.1 Å². The third-order valence-corrected chi connectivity index (χ3v) is 3.51. The molecule has 0 amide bonds. The molecule has 2 rings (SSSR count). The first-order valence-corrected chi connectivity index (χ1v) is 5.34. The highest BCUT2D eigenvalue weighted by Crippen LogP contribution is 2.28. The topological polar surface area (TPSA) is 43.7 Å². The van der Waals surface area contributed by atoms with Gasteiger partial charge in [0.1, 0.15) is 0 Å². The van der Waals surface area contributed by atoms with Crippen LogP contribution in [-0.2, 0) is 0 Å². The third kappa shape index (κ3) is 1.87. The molecule has 1 aliphatic carbocycles. The van der Waals surface area contributed by atoms with Crippen molar-refractivity contribution in [3.8, 4) is 0 Å². The summed E-state index contributed by atoms with van der Waals surface area (Å²) in [6, 6.07) is 0.686. The Morgan fingerprint density at radius 2 is 1.85 bits per heavy atom. The first-order valence-electron chi connectivity index (χ1n) is 5.34. The van der Waals surface area contributed by atoms with E-state index in [1.807, 2.05) is 0 Å². The predicted octanol–water partition coefficient (Wildman–Crippen LogP) is 0.214. The largest absolute Gasteiger partial charge is 0.396 e. The van der Waals surface area contributed by atoms with Gasteiger partial charge in [-0.2, -0.15) is 0 Å². The molecule has 2 unspecified atom stereocenters. The van der Waals surface area contributed by atoms with Crippen LogP contribution in [0.3, 0.4) is 0 Å². The van der Waals surface area contributed by atoms with Gasteiger partial charge in [0.2, 0.25) is 0 Å². The van der Waals surface area contributed by atoms with Gasteiger partial charge in [0.25, 0.3) is 0 Å². The van der Waals surface area contributed by atoms with Gasteiger partial charge in [-0.15, -0.1) is 0 Å². The Balaban J connectivity index is 1.88. The summed E-state index contributed by atoms with van der Waals surface area (Å²) >= 11 is 0. The van der Waals surface area contributed by atoms with Crippen LogP contribution in [0.1, 0.15) is 25.7 Å². The molecule has 0 bridgehead atoms. The molecule has 3 nitrogen and oxygen atoms in total. The summed E-state index contributed by atoms with van der Waals surface area (Å²) in [7, 11) is 0. The van der Waals surface area contributed by atoms with Gasteiger partial charge in [0, 0.05) is 31.7 Å².